The summed E-state index contributed by atoms with van der Waals surface area (Å²) in [5.41, 5.74) is -1.44. The summed E-state index contributed by atoms with van der Waals surface area (Å²) in [5.74, 6) is -0.893. The Bertz CT molecular complexity index is 946. The SMILES string of the molecule is CN(c1ccc(Cl)c(C(=O)Nc2ccccc2C(F)(F)F)c1)S(C)(=O)=O. The maximum Gasteiger partial charge on any atom is 0.418 e. The summed E-state index contributed by atoms with van der Waals surface area (Å²) in [6, 6.07) is 8.36. The van der Waals surface area contributed by atoms with Crippen LogP contribution in [0, 0.1) is 0 Å². The third-order valence-electron chi connectivity index (χ3n) is 3.54. The molecule has 0 fully saturated rings. The number of alkyl halides is 3. The largest absolute Gasteiger partial charge is 0.418 e. The van der Waals surface area contributed by atoms with Gasteiger partial charge in [0.05, 0.1) is 33.8 Å². The number of hydrogen-bond acceptors (Lipinski definition) is 3. The fourth-order valence-electron chi connectivity index (χ4n) is 2.10. The summed E-state index contributed by atoms with van der Waals surface area (Å²) in [6.45, 7) is 0. The molecule has 0 saturated carbocycles. The van der Waals surface area contributed by atoms with Gasteiger partial charge in [0.15, 0.2) is 0 Å². The highest BCUT2D eigenvalue weighted by molar-refractivity contribution is 7.92. The number of benzene rings is 2. The van der Waals surface area contributed by atoms with Crippen LogP contribution in [0.2, 0.25) is 5.02 Å². The first-order valence-corrected chi connectivity index (χ1v) is 9.35. The molecule has 0 unspecified atom stereocenters. The highest BCUT2D eigenvalue weighted by Gasteiger charge is 2.33. The topological polar surface area (TPSA) is 66.5 Å². The lowest BCUT2D eigenvalue weighted by Gasteiger charge is -2.18. The number of carbonyl (C=O) groups excluding carboxylic acids is 1. The van der Waals surface area contributed by atoms with Crippen LogP contribution in [0.1, 0.15) is 15.9 Å². The van der Waals surface area contributed by atoms with Crippen molar-refractivity contribution < 1.29 is 26.4 Å². The molecule has 2 aromatic rings. The molecule has 0 aliphatic heterocycles. The first kappa shape index (κ1) is 20.1. The van der Waals surface area contributed by atoms with Crippen LogP contribution in [-0.4, -0.2) is 27.6 Å². The second-order valence-electron chi connectivity index (χ2n) is 5.39. The van der Waals surface area contributed by atoms with Gasteiger partial charge in [-0.15, -0.1) is 0 Å². The van der Waals surface area contributed by atoms with Gasteiger partial charge in [-0.2, -0.15) is 13.2 Å². The molecule has 1 N–H and O–H groups in total. The van der Waals surface area contributed by atoms with Crippen LogP contribution in [0.15, 0.2) is 42.5 Å². The molecule has 0 aliphatic carbocycles. The monoisotopic (exact) mass is 406 g/mol. The number of sulfonamides is 1. The molecule has 26 heavy (non-hydrogen) atoms. The van der Waals surface area contributed by atoms with Crippen LogP contribution < -0.4 is 9.62 Å². The molecule has 10 heteroatoms. The Morgan fingerprint density at radius 3 is 2.35 bits per heavy atom. The summed E-state index contributed by atoms with van der Waals surface area (Å²) in [6.07, 6.45) is -3.67. The Labute approximate surface area is 153 Å². The summed E-state index contributed by atoms with van der Waals surface area (Å²) < 4.78 is 63.2. The number of nitrogens with zero attached hydrogens (tertiary/aromatic N) is 1. The van der Waals surface area contributed by atoms with Gasteiger partial charge in [-0.1, -0.05) is 23.7 Å². The van der Waals surface area contributed by atoms with Crippen LogP contribution in [0.5, 0.6) is 0 Å². The molecular weight excluding hydrogens is 393 g/mol. The Kier molecular flexibility index (Phi) is 5.52. The van der Waals surface area contributed by atoms with Crippen molar-refractivity contribution >= 4 is 38.9 Å². The van der Waals surface area contributed by atoms with Crippen molar-refractivity contribution in [3.63, 3.8) is 0 Å². The molecule has 0 spiro atoms. The van der Waals surface area contributed by atoms with Crippen LogP contribution in [0.25, 0.3) is 0 Å². The number of para-hydroxylation sites is 1. The van der Waals surface area contributed by atoms with Crippen LogP contribution in [-0.2, 0) is 16.2 Å². The molecular formula is C16H14ClF3N2O3S. The third kappa shape index (κ3) is 4.47. The van der Waals surface area contributed by atoms with Crippen molar-refractivity contribution in [2.24, 2.45) is 0 Å². The van der Waals surface area contributed by atoms with E-state index in [0.717, 1.165) is 22.7 Å². The van der Waals surface area contributed by atoms with Crippen molar-refractivity contribution in [3.8, 4) is 0 Å². The second kappa shape index (κ2) is 7.16. The highest BCUT2D eigenvalue weighted by atomic mass is 35.5. The van der Waals surface area contributed by atoms with Crippen molar-refractivity contribution in [1.29, 1.82) is 0 Å². The Hall–Kier alpha value is -2.26. The molecule has 2 rings (SSSR count). The van der Waals surface area contributed by atoms with E-state index in [1.54, 1.807) is 0 Å². The molecule has 0 aliphatic rings. The molecule has 2 aromatic carbocycles. The minimum absolute atomic E-state index is 0.0300. The van der Waals surface area contributed by atoms with E-state index in [4.69, 9.17) is 11.6 Å². The lowest BCUT2D eigenvalue weighted by atomic mass is 10.1. The zero-order valence-electron chi connectivity index (χ0n) is 13.6. The van der Waals surface area contributed by atoms with Crippen LogP contribution >= 0.6 is 11.6 Å². The Morgan fingerprint density at radius 1 is 1.15 bits per heavy atom. The lowest BCUT2D eigenvalue weighted by Crippen LogP contribution is -2.25. The van der Waals surface area contributed by atoms with Crippen LogP contribution in [0.3, 0.4) is 0 Å². The second-order valence-corrected chi connectivity index (χ2v) is 7.81. The molecule has 0 saturated heterocycles. The number of amides is 1. The van der Waals surface area contributed by atoms with Crippen molar-refractivity contribution in [2.45, 2.75) is 6.18 Å². The Morgan fingerprint density at radius 2 is 1.77 bits per heavy atom. The number of rotatable bonds is 4. The Balaban J connectivity index is 2.40. The lowest BCUT2D eigenvalue weighted by molar-refractivity contribution is -0.136. The number of halogens is 4. The number of anilines is 2. The first-order valence-electron chi connectivity index (χ1n) is 7.12. The quantitative estimate of drug-likeness (QED) is 0.834. The minimum Gasteiger partial charge on any atom is -0.321 e. The van der Waals surface area contributed by atoms with Crippen LogP contribution in [0.4, 0.5) is 24.5 Å². The minimum atomic E-state index is -4.65. The van der Waals surface area contributed by atoms with E-state index in [9.17, 15) is 26.4 Å². The predicted octanol–water partition coefficient (Wildman–Crippen LogP) is 4.01. The first-order chi connectivity index (χ1) is 11.9. The van der Waals surface area contributed by atoms with Gasteiger partial charge in [-0.3, -0.25) is 9.10 Å². The molecule has 140 valence electrons. The maximum atomic E-state index is 13.0. The van der Waals surface area contributed by atoms with E-state index >= 15 is 0 Å². The molecule has 0 aromatic heterocycles. The maximum absolute atomic E-state index is 13.0. The number of nitrogens with one attached hydrogen (secondary N) is 1. The van der Waals surface area contributed by atoms with Gasteiger partial charge in [0.2, 0.25) is 10.0 Å². The van der Waals surface area contributed by atoms with E-state index in [1.807, 2.05) is 0 Å². The summed E-state index contributed by atoms with van der Waals surface area (Å²) >= 11 is 5.95. The summed E-state index contributed by atoms with van der Waals surface area (Å²) in [7, 11) is -2.31. The van der Waals surface area contributed by atoms with Gasteiger partial charge >= 0.3 is 6.18 Å². The third-order valence-corrected chi connectivity index (χ3v) is 5.07. The average molecular weight is 407 g/mol. The van der Waals surface area contributed by atoms with Crippen molar-refractivity contribution in [1.82, 2.24) is 0 Å². The molecule has 0 radical (unpaired) electrons. The van der Waals surface area contributed by atoms with Crippen molar-refractivity contribution in [3.05, 3.63) is 58.6 Å². The van der Waals surface area contributed by atoms with E-state index in [2.05, 4.69) is 5.32 Å². The standard InChI is InChI=1S/C16H14ClF3N2O3S/c1-22(26(2,24)25)10-7-8-13(17)11(9-10)15(23)21-14-6-4-3-5-12(14)16(18,19)20/h3-9H,1-2H3,(H,21,23). The van der Waals surface area contributed by atoms with Gasteiger partial charge in [0.1, 0.15) is 0 Å². The van der Waals surface area contributed by atoms with E-state index in [1.165, 1.54) is 37.4 Å². The van der Waals surface area contributed by atoms with E-state index in [0.29, 0.717) is 0 Å². The zero-order valence-corrected chi connectivity index (χ0v) is 15.2. The molecule has 0 heterocycles. The highest BCUT2D eigenvalue weighted by Crippen LogP contribution is 2.35. The normalized spacial score (nSPS) is 11.9. The number of hydrogen-bond donors (Lipinski definition) is 1. The predicted molar refractivity (Wildman–Crippen MR) is 94.1 cm³/mol. The van der Waals surface area contributed by atoms with E-state index < -0.39 is 33.4 Å². The smallest absolute Gasteiger partial charge is 0.321 e. The zero-order chi connectivity index (χ0) is 19.7. The fourth-order valence-corrected chi connectivity index (χ4v) is 2.80. The summed E-state index contributed by atoms with van der Waals surface area (Å²) in [4.78, 5) is 12.4. The molecule has 0 bridgehead atoms. The molecule has 1 amide bonds. The van der Waals surface area contributed by atoms with Gasteiger partial charge in [0.25, 0.3) is 5.91 Å². The fraction of sp³-hybridized carbons (Fsp3) is 0.188. The van der Waals surface area contributed by atoms with Gasteiger partial charge < -0.3 is 5.32 Å². The van der Waals surface area contributed by atoms with Gasteiger partial charge in [0, 0.05) is 7.05 Å². The van der Waals surface area contributed by atoms with Gasteiger partial charge in [-0.25, -0.2) is 8.42 Å². The van der Waals surface area contributed by atoms with Gasteiger partial charge in [-0.05, 0) is 30.3 Å². The van der Waals surface area contributed by atoms with E-state index in [-0.39, 0.29) is 16.3 Å². The summed E-state index contributed by atoms with van der Waals surface area (Å²) in [5, 5.41) is 2.14. The molecule has 5 nitrogen and oxygen atoms in total. The molecule has 0 atom stereocenters. The average Bonchev–Trinajstić information content (AvgIpc) is 2.53. The number of carbonyl (C=O) groups is 1. The van der Waals surface area contributed by atoms with Crippen molar-refractivity contribution in [2.75, 3.05) is 22.9 Å².